The molecule has 1 saturated carbocycles. The maximum atomic E-state index is 11.9. The van der Waals surface area contributed by atoms with Crippen LogP contribution in [0.25, 0.3) is 0 Å². The third-order valence-electron chi connectivity index (χ3n) is 2.33. The Labute approximate surface area is 58.4 Å². The Bertz CT molecular complexity index is 127. The molecule has 3 atom stereocenters. The van der Waals surface area contributed by atoms with Crippen molar-refractivity contribution in [1.29, 1.82) is 0 Å². The van der Waals surface area contributed by atoms with Gasteiger partial charge in [-0.25, -0.2) is 0 Å². The molecule has 0 spiro atoms. The Morgan fingerprint density at radius 1 is 1.40 bits per heavy atom. The molecule has 0 amide bonds. The average molecular weight is 152 g/mol. The van der Waals surface area contributed by atoms with Gasteiger partial charge in [0, 0.05) is 0 Å². The molecule has 0 saturated heterocycles. The zero-order valence-electron chi connectivity index (χ0n) is 6.07. The summed E-state index contributed by atoms with van der Waals surface area (Å²) in [5, 5.41) is 0. The van der Waals surface area contributed by atoms with Gasteiger partial charge in [0.2, 0.25) is 0 Å². The molecule has 0 aromatic heterocycles. The molecule has 1 rings (SSSR count). The van der Waals surface area contributed by atoms with Crippen molar-refractivity contribution in [3.8, 4) is 0 Å². The Balaban J connectivity index is 2.42. The van der Waals surface area contributed by atoms with Crippen molar-refractivity contribution in [2.24, 2.45) is 17.8 Å². The second-order valence-corrected chi connectivity index (χ2v) is 3.21. The van der Waals surface area contributed by atoms with Gasteiger partial charge in [-0.1, -0.05) is 13.8 Å². The van der Waals surface area contributed by atoms with Gasteiger partial charge in [-0.3, -0.25) is 0 Å². The number of halogens is 3. The summed E-state index contributed by atoms with van der Waals surface area (Å²) >= 11 is 0. The first-order valence-corrected chi connectivity index (χ1v) is 3.49. The molecule has 10 heavy (non-hydrogen) atoms. The van der Waals surface area contributed by atoms with Crippen LogP contribution in [0.1, 0.15) is 20.3 Å². The molecule has 1 fully saturated rings. The van der Waals surface area contributed by atoms with Crippen LogP contribution in [0.4, 0.5) is 13.2 Å². The van der Waals surface area contributed by atoms with Gasteiger partial charge in [0.25, 0.3) is 0 Å². The number of rotatable bonds is 1. The molecule has 0 N–H and O–H groups in total. The third-order valence-corrected chi connectivity index (χ3v) is 2.33. The topological polar surface area (TPSA) is 0 Å². The lowest BCUT2D eigenvalue weighted by atomic mass is 10.1. The monoisotopic (exact) mass is 152 g/mol. The third kappa shape index (κ3) is 1.44. The van der Waals surface area contributed by atoms with Crippen molar-refractivity contribution in [2.75, 3.05) is 0 Å². The Hall–Kier alpha value is -0.210. The van der Waals surface area contributed by atoms with Crippen molar-refractivity contribution in [3.05, 3.63) is 0 Å². The fourth-order valence-electron chi connectivity index (χ4n) is 1.29. The standard InChI is InChI=1S/C7H11F3/c1-4-3-6(4)5(2)7(8,9)10/h4-6H,3H2,1-2H3/t4?,5-,6?/m0/s1. The molecule has 0 bridgehead atoms. The van der Waals surface area contributed by atoms with Crippen LogP contribution in [0.5, 0.6) is 0 Å². The van der Waals surface area contributed by atoms with E-state index in [1.807, 2.05) is 6.92 Å². The highest BCUT2D eigenvalue weighted by Gasteiger charge is 2.49. The van der Waals surface area contributed by atoms with E-state index in [1.54, 1.807) is 0 Å². The van der Waals surface area contributed by atoms with Crippen LogP contribution in [0, 0.1) is 17.8 Å². The van der Waals surface area contributed by atoms with Gasteiger partial charge in [-0.05, 0) is 18.3 Å². The van der Waals surface area contributed by atoms with Gasteiger partial charge in [-0.15, -0.1) is 0 Å². The molecule has 1 aliphatic rings. The van der Waals surface area contributed by atoms with Crippen LogP contribution in [-0.2, 0) is 0 Å². The number of hydrogen-bond donors (Lipinski definition) is 0. The van der Waals surface area contributed by atoms with E-state index in [4.69, 9.17) is 0 Å². The molecule has 0 aromatic carbocycles. The van der Waals surface area contributed by atoms with E-state index in [2.05, 4.69) is 0 Å². The minimum atomic E-state index is -3.98. The molecule has 60 valence electrons. The highest BCUT2D eigenvalue weighted by Crippen LogP contribution is 2.49. The smallest absolute Gasteiger partial charge is 0.171 e. The summed E-state index contributed by atoms with van der Waals surface area (Å²) in [5.41, 5.74) is 0. The van der Waals surface area contributed by atoms with Crippen LogP contribution in [-0.4, -0.2) is 6.18 Å². The Morgan fingerprint density at radius 3 is 1.90 bits per heavy atom. The first-order valence-electron chi connectivity index (χ1n) is 3.49. The minimum absolute atomic E-state index is 0.0972. The summed E-state index contributed by atoms with van der Waals surface area (Å²) < 4.78 is 35.7. The first kappa shape index (κ1) is 7.89. The SMILES string of the molecule is CC1CC1[C@H](C)C(F)(F)F. The van der Waals surface area contributed by atoms with Crippen LogP contribution < -0.4 is 0 Å². The van der Waals surface area contributed by atoms with Gasteiger partial charge in [0.15, 0.2) is 0 Å². The zero-order valence-corrected chi connectivity index (χ0v) is 6.07. The van der Waals surface area contributed by atoms with Crippen LogP contribution in [0.15, 0.2) is 0 Å². The quantitative estimate of drug-likeness (QED) is 0.542. The van der Waals surface area contributed by atoms with E-state index in [0.29, 0.717) is 0 Å². The Kier molecular flexibility index (Phi) is 1.69. The second kappa shape index (κ2) is 2.14. The van der Waals surface area contributed by atoms with Gasteiger partial charge in [0.1, 0.15) is 0 Å². The van der Waals surface area contributed by atoms with Crippen molar-refractivity contribution in [2.45, 2.75) is 26.4 Å². The van der Waals surface area contributed by atoms with Crippen LogP contribution >= 0.6 is 0 Å². The molecule has 1 aliphatic carbocycles. The zero-order chi connectivity index (χ0) is 7.94. The summed E-state index contributed by atoms with van der Waals surface area (Å²) in [4.78, 5) is 0. The largest absolute Gasteiger partial charge is 0.391 e. The lowest BCUT2D eigenvalue weighted by Gasteiger charge is -2.14. The van der Waals surface area contributed by atoms with Gasteiger partial charge in [0.05, 0.1) is 5.92 Å². The van der Waals surface area contributed by atoms with E-state index >= 15 is 0 Å². The van der Waals surface area contributed by atoms with E-state index in [1.165, 1.54) is 6.92 Å². The molecule has 0 aliphatic heterocycles. The molecule has 2 unspecified atom stereocenters. The normalized spacial score (nSPS) is 35.7. The first-order chi connectivity index (χ1) is 4.43. The van der Waals surface area contributed by atoms with E-state index in [9.17, 15) is 13.2 Å². The predicted octanol–water partition coefficient (Wildman–Crippen LogP) is 2.84. The van der Waals surface area contributed by atoms with Gasteiger partial charge < -0.3 is 0 Å². The average Bonchev–Trinajstić information content (AvgIpc) is 2.42. The number of hydrogen-bond acceptors (Lipinski definition) is 0. The lowest BCUT2D eigenvalue weighted by Crippen LogP contribution is -2.21. The molecule has 0 heterocycles. The molecule has 0 radical (unpaired) electrons. The summed E-state index contributed by atoms with van der Waals surface area (Å²) in [6, 6.07) is 0. The highest BCUT2D eigenvalue weighted by atomic mass is 19.4. The van der Waals surface area contributed by atoms with Crippen molar-refractivity contribution < 1.29 is 13.2 Å². The van der Waals surface area contributed by atoms with E-state index < -0.39 is 12.1 Å². The molecule has 0 nitrogen and oxygen atoms in total. The minimum Gasteiger partial charge on any atom is -0.171 e. The van der Waals surface area contributed by atoms with Gasteiger partial charge in [-0.2, -0.15) is 13.2 Å². The van der Waals surface area contributed by atoms with Crippen molar-refractivity contribution in [1.82, 2.24) is 0 Å². The second-order valence-electron chi connectivity index (χ2n) is 3.21. The fraction of sp³-hybridized carbons (Fsp3) is 1.00. The Morgan fingerprint density at radius 2 is 1.80 bits per heavy atom. The van der Waals surface area contributed by atoms with Crippen molar-refractivity contribution >= 4 is 0 Å². The highest BCUT2D eigenvalue weighted by molar-refractivity contribution is 4.89. The lowest BCUT2D eigenvalue weighted by molar-refractivity contribution is -0.175. The number of alkyl halides is 3. The van der Waals surface area contributed by atoms with E-state index in [0.717, 1.165) is 6.42 Å². The van der Waals surface area contributed by atoms with Gasteiger partial charge >= 0.3 is 6.18 Å². The van der Waals surface area contributed by atoms with E-state index in [-0.39, 0.29) is 11.8 Å². The van der Waals surface area contributed by atoms with Crippen LogP contribution in [0.2, 0.25) is 0 Å². The fourth-order valence-corrected chi connectivity index (χ4v) is 1.29. The predicted molar refractivity (Wildman–Crippen MR) is 32.5 cm³/mol. The molecule has 3 heteroatoms. The maximum absolute atomic E-state index is 11.9. The summed E-state index contributed by atoms with van der Waals surface area (Å²) in [6.45, 7) is 3.14. The maximum Gasteiger partial charge on any atom is 0.391 e. The summed E-state index contributed by atoms with van der Waals surface area (Å²) in [6.07, 6.45) is -3.23. The van der Waals surface area contributed by atoms with Crippen molar-refractivity contribution in [3.63, 3.8) is 0 Å². The molecular formula is C7H11F3. The summed E-state index contributed by atoms with van der Waals surface area (Å²) in [7, 11) is 0. The van der Waals surface area contributed by atoms with Crippen LogP contribution in [0.3, 0.4) is 0 Å². The molecular weight excluding hydrogens is 141 g/mol. The molecule has 0 aromatic rings. The summed E-state index contributed by atoms with van der Waals surface area (Å²) in [5.74, 6) is -0.904.